The molecule has 3 nitrogen and oxygen atoms in total. The molecule has 5 heteroatoms. The van der Waals surface area contributed by atoms with Crippen LogP contribution in [0.25, 0.3) is 0 Å². The molecule has 2 aromatic rings. The van der Waals surface area contributed by atoms with Gasteiger partial charge in [-0.15, -0.1) is 0 Å². The maximum absolute atomic E-state index is 13.9. The molecule has 0 fully saturated rings. The van der Waals surface area contributed by atoms with Gasteiger partial charge in [0.25, 0.3) is 0 Å². The first-order valence-corrected chi connectivity index (χ1v) is 6.38. The normalized spacial score (nSPS) is 11.8. The number of hydrogen-bond acceptors (Lipinski definition) is 3. The largest absolute Gasteiger partial charge is 0.488 e. The second-order valence-electron chi connectivity index (χ2n) is 4.65. The molecule has 0 heterocycles. The number of nitriles is 1. The van der Waals surface area contributed by atoms with Gasteiger partial charge in [-0.25, -0.2) is 8.78 Å². The zero-order valence-corrected chi connectivity index (χ0v) is 11.4. The summed E-state index contributed by atoms with van der Waals surface area (Å²) in [4.78, 5) is 0. The first-order valence-electron chi connectivity index (χ1n) is 6.38. The third kappa shape index (κ3) is 3.36. The van der Waals surface area contributed by atoms with Gasteiger partial charge in [-0.2, -0.15) is 5.26 Å². The Bertz CT molecular complexity index is 693. The maximum Gasteiger partial charge on any atom is 0.147 e. The fraction of sp³-hybridized carbons (Fsp3) is 0.188. The van der Waals surface area contributed by atoms with E-state index in [1.807, 2.05) is 0 Å². The monoisotopic (exact) mass is 288 g/mol. The predicted octanol–water partition coefficient (Wildman–Crippen LogP) is 3.44. The van der Waals surface area contributed by atoms with Crippen molar-refractivity contribution in [3.05, 3.63) is 64.7 Å². The molecule has 0 aliphatic heterocycles. The summed E-state index contributed by atoms with van der Waals surface area (Å²) in [6.45, 7) is 1.64. The summed E-state index contributed by atoms with van der Waals surface area (Å²) in [5.74, 6) is -0.620. The molecule has 0 aliphatic rings. The Morgan fingerprint density at radius 2 is 2.05 bits per heavy atom. The third-order valence-corrected chi connectivity index (χ3v) is 3.04. The summed E-state index contributed by atoms with van der Waals surface area (Å²) < 4.78 is 32.7. The first-order chi connectivity index (χ1) is 10.0. The predicted molar refractivity (Wildman–Crippen MR) is 74.4 cm³/mol. The van der Waals surface area contributed by atoms with E-state index in [-0.39, 0.29) is 17.7 Å². The topological polar surface area (TPSA) is 59.0 Å². The van der Waals surface area contributed by atoms with Crippen LogP contribution < -0.4 is 10.5 Å². The molecule has 0 spiro atoms. The third-order valence-electron chi connectivity index (χ3n) is 3.04. The fourth-order valence-corrected chi connectivity index (χ4v) is 1.94. The molecule has 0 aliphatic carbocycles. The standard InChI is InChI=1S/C16H14F2N2O/c1-10(20)14-7-13(17)5-6-15(14)21-9-12-4-2-3-11(8-19)16(12)18/h2-7,10H,9,20H2,1H3/t10-/m1/s1. The molecule has 2 aromatic carbocycles. The lowest BCUT2D eigenvalue weighted by Crippen LogP contribution is -2.09. The Morgan fingerprint density at radius 3 is 2.71 bits per heavy atom. The zero-order valence-electron chi connectivity index (χ0n) is 11.4. The highest BCUT2D eigenvalue weighted by molar-refractivity contribution is 5.38. The van der Waals surface area contributed by atoms with Crippen molar-refractivity contribution >= 4 is 0 Å². The van der Waals surface area contributed by atoms with E-state index in [0.717, 1.165) is 0 Å². The molecule has 108 valence electrons. The van der Waals surface area contributed by atoms with Crippen molar-refractivity contribution in [1.29, 1.82) is 5.26 Å². The Balaban J connectivity index is 2.23. The average molecular weight is 288 g/mol. The van der Waals surface area contributed by atoms with Crippen molar-refractivity contribution in [2.24, 2.45) is 5.73 Å². The molecular formula is C16H14F2N2O. The quantitative estimate of drug-likeness (QED) is 0.937. The summed E-state index contributed by atoms with van der Waals surface area (Å²) in [6, 6.07) is 9.87. The van der Waals surface area contributed by atoms with E-state index in [2.05, 4.69) is 0 Å². The minimum atomic E-state index is -0.607. The van der Waals surface area contributed by atoms with Crippen molar-refractivity contribution < 1.29 is 13.5 Å². The van der Waals surface area contributed by atoms with Crippen LogP contribution in [0.5, 0.6) is 5.75 Å². The van der Waals surface area contributed by atoms with E-state index in [1.165, 1.54) is 30.3 Å². The van der Waals surface area contributed by atoms with Gasteiger partial charge in [0, 0.05) is 17.2 Å². The van der Waals surface area contributed by atoms with Crippen LogP contribution in [0.1, 0.15) is 29.7 Å². The van der Waals surface area contributed by atoms with Crippen LogP contribution in [0, 0.1) is 23.0 Å². The number of nitrogens with two attached hydrogens (primary N) is 1. The minimum absolute atomic E-state index is 0.0392. The van der Waals surface area contributed by atoms with E-state index < -0.39 is 17.7 Å². The summed E-state index contributed by atoms with van der Waals surface area (Å²) >= 11 is 0. The molecule has 0 bridgehead atoms. The van der Waals surface area contributed by atoms with Gasteiger partial charge in [0.15, 0.2) is 0 Å². The van der Waals surface area contributed by atoms with Crippen LogP contribution >= 0.6 is 0 Å². The van der Waals surface area contributed by atoms with Crippen LogP contribution in [-0.4, -0.2) is 0 Å². The highest BCUT2D eigenvalue weighted by Gasteiger charge is 2.12. The van der Waals surface area contributed by atoms with Crippen LogP contribution in [0.15, 0.2) is 36.4 Å². The van der Waals surface area contributed by atoms with Gasteiger partial charge in [0.05, 0.1) is 5.56 Å². The minimum Gasteiger partial charge on any atom is -0.488 e. The van der Waals surface area contributed by atoms with Crippen LogP contribution in [0.4, 0.5) is 8.78 Å². The smallest absolute Gasteiger partial charge is 0.147 e. The van der Waals surface area contributed by atoms with E-state index >= 15 is 0 Å². The molecule has 21 heavy (non-hydrogen) atoms. The van der Waals surface area contributed by atoms with Crippen molar-refractivity contribution in [3.63, 3.8) is 0 Å². The molecule has 0 amide bonds. The van der Waals surface area contributed by atoms with Gasteiger partial charge < -0.3 is 10.5 Å². The number of hydrogen-bond donors (Lipinski definition) is 1. The van der Waals surface area contributed by atoms with Crippen molar-refractivity contribution in [3.8, 4) is 11.8 Å². The SMILES string of the molecule is C[C@@H](N)c1cc(F)ccc1OCc1cccc(C#N)c1F. The summed E-state index contributed by atoms with van der Waals surface area (Å²) in [7, 11) is 0. The van der Waals surface area contributed by atoms with Crippen LogP contribution in [-0.2, 0) is 6.61 Å². The Kier molecular flexibility index (Phi) is 4.51. The van der Waals surface area contributed by atoms with Gasteiger partial charge in [-0.3, -0.25) is 0 Å². The summed E-state index contributed by atoms with van der Waals surface area (Å²) in [5.41, 5.74) is 6.49. The highest BCUT2D eigenvalue weighted by atomic mass is 19.1. The van der Waals surface area contributed by atoms with Crippen LogP contribution in [0.2, 0.25) is 0 Å². The van der Waals surface area contributed by atoms with E-state index in [9.17, 15) is 8.78 Å². The fourth-order valence-electron chi connectivity index (χ4n) is 1.94. The van der Waals surface area contributed by atoms with Gasteiger partial charge in [-0.05, 0) is 31.2 Å². The number of nitrogens with zero attached hydrogens (tertiary/aromatic N) is 1. The first kappa shape index (κ1) is 14.9. The molecule has 0 saturated carbocycles. The summed E-state index contributed by atoms with van der Waals surface area (Å²) in [6.07, 6.45) is 0. The van der Waals surface area contributed by atoms with E-state index in [1.54, 1.807) is 19.1 Å². The molecule has 1 atom stereocenters. The van der Waals surface area contributed by atoms with Crippen molar-refractivity contribution in [1.82, 2.24) is 0 Å². The van der Waals surface area contributed by atoms with E-state index in [0.29, 0.717) is 11.3 Å². The number of benzene rings is 2. The van der Waals surface area contributed by atoms with Crippen LogP contribution in [0.3, 0.4) is 0 Å². The van der Waals surface area contributed by atoms with Gasteiger partial charge in [0.1, 0.15) is 30.1 Å². The highest BCUT2D eigenvalue weighted by Crippen LogP contribution is 2.26. The Morgan fingerprint density at radius 1 is 1.29 bits per heavy atom. The second-order valence-corrected chi connectivity index (χ2v) is 4.65. The Labute approximate surface area is 121 Å². The van der Waals surface area contributed by atoms with E-state index in [4.69, 9.17) is 15.7 Å². The lowest BCUT2D eigenvalue weighted by Gasteiger charge is -2.14. The Hall–Kier alpha value is -2.45. The number of rotatable bonds is 4. The number of ether oxygens (including phenoxy) is 1. The molecule has 0 saturated heterocycles. The maximum atomic E-state index is 13.9. The van der Waals surface area contributed by atoms with Crippen molar-refractivity contribution in [2.45, 2.75) is 19.6 Å². The van der Waals surface area contributed by atoms with Gasteiger partial charge in [0.2, 0.25) is 0 Å². The molecule has 2 rings (SSSR count). The van der Waals surface area contributed by atoms with Gasteiger partial charge in [-0.1, -0.05) is 12.1 Å². The zero-order chi connectivity index (χ0) is 15.4. The lowest BCUT2D eigenvalue weighted by atomic mass is 10.1. The molecule has 0 radical (unpaired) electrons. The lowest BCUT2D eigenvalue weighted by molar-refractivity contribution is 0.294. The molecule has 0 aromatic heterocycles. The van der Waals surface area contributed by atoms with Crippen molar-refractivity contribution in [2.75, 3.05) is 0 Å². The second kappa shape index (κ2) is 6.33. The number of halogens is 2. The summed E-state index contributed by atoms with van der Waals surface area (Å²) in [5, 5.41) is 8.79. The molecule has 2 N–H and O–H groups in total. The molecular weight excluding hydrogens is 274 g/mol. The van der Waals surface area contributed by atoms with Gasteiger partial charge >= 0.3 is 0 Å². The molecule has 0 unspecified atom stereocenters. The average Bonchev–Trinajstić information content (AvgIpc) is 2.47.